The van der Waals surface area contributed by atoms with E-state index in [1.54, 1.807) is 19.2 Å². The monoisotopic (exact) mass is 411 g/mol. The van der Waals surface area contributed by atoms with Gasteiger partial charge in [0, 0.05) is 45.4 Å². The van der Waals surface area contributed by atoms with Gasteiger partial charge in [0.05, 0.1) is 6.61 Å². The van der Waals surface area contributed by atoms with Gasteiger partial charge in [-0.15, -0.1) is 12.4 Å². The summed E-state index contributed by atoms with van der Waals surface area (Å²) in [7, 11) is 1.54. The number of hydrogen-bond acceptors (Lipinski definition) is 5. The van der Waals surface area contributed by atoms with Gasteiger partial charge in [0.1, 0.15) is 18.4 Å². The van der Waals surface area contributed by atoms with Crippen LogP contribution in [0.1, 0.15) is 10.4 Å². The standard InChI is InChI=1S/C17H24F3N3O3.ClH/c1-25-9-10-26-14-4-2-3-13(11-14)16(24)22-12-15(17(18,19)20)23-7-5-21-6-8-23;/h2-4,11,15,21H,5-10,12H2,1H3,(H,22,24);1H. The second kappa shape index (κ2) is 11.3. The van der Waals surface area contributed by atoms with Crippen molar-refractivity contribution in [2.75, 3.05) is 53.0 Å². The van der Waals surface area contributed by atoms with Crippen LogP contribution in [-0.2, 0) is 4.74 Å². The first-order valence-corrected chi connectivity index (χ1v) is 8.43. The molecule has 1 saturated heterocycles. The highest BCUT2D eigenvalue weighted by Crippen LogP contribution is 2.25. The lowest BCUT2D eigenvalue weighted by Gasteiger charge is -2.35. The van der Waals surface area contributed by atoms with E-state index in [9.17, 15) is 18.0 Å². The highest BCUT2D eigenvalue weighted by Gasteiger charge is 2.43. The van der Waals surface area contributed by atoms with Crippen molar-refractivity contribution >= 4 is 18.3 Å². The Morgan fingerprint density at radius 2 is 2.00 bits per heavy atom. The number of hydrogen-bond donors (Lipinski definition) is 2. The molecule has 1 unspecified atom stereocenters. The number of rotatable bonds is 8. The molecule has 0 spiro atoms. The Balaban J connectivity index is 0.00000364. The molecule has 0 bridgehead atoms. The Morgan fingerprint density at radius 3 is 2.63 bits per heavy atom. The Bertz CT molecular complexity index is 584. The SMILES string of the molecule is COCCOc1cccc(C(=O)NCC(N2CCNCC2)C(F)(F)F)c1.Cl. The van der Waals surface area contributed by atoms with Gasteiger partial charge in [-0.2, -0.15) is 13.2 Å². The molecule has 1 amide bonds. The number of carbonyl (C=O) groups is 1. The number of halogens is 4. The smallest absolute Gasteiger partial charge is 0.405 e. The normalized spacial score (nSPS) is 16.3. The lowest BCUT2D eigenvalue weighted by Crippen LogP contribution is -2.57. The second-order valence-corrected chi connectivity index (χ2v) is 5.92. The number of alkyl halides is 3. The summed E-state index contributed by atoms with van der Waals surface area (Å²) < 4.78 is 50.3. The number of amides is 1. The number of piperazine rings is 1. The average Bonchev–Trinajstić information content (AvgIpc) is 2.62. The van der Waals surface area contributed by atoms with Crippen molar-refractivity contribution < 1.29 is 27.4 Å². The highest BCUT2D eigenvalue weighted by molar-refractivity contribution is 5.94. The predicted molar refractivity (Wildman–Crippen MR) is 97.7 cm³/mol. The van der Waals surface area contributed by atoms with Crippen molar-refractivity contribution in [1.82, 2.24) is 15.5 Å². The predicted octanol–water partition coefficient (Wildman–Crippen LogP) is 1.70. The molecule has 1 atom stereocenters. The molecule has 1 aromatic rings. The molecule has 1 aromatic carbocycles. The molecule has 1 fully saturated rings. The van der Waals surface area contributed by atoms with Gasteiger partial charge in [-0.25, -0.2) is 0 Å². The summed E-state index contributed by atoms with van der Waals surface area (Å²) in [6.07, 6.45) is -4.41. The molecule has 0 aromatic heterocycles. The van der Waals surface area contributed by atoms with E-state index in [-0.39, 0.29) is 18.0 Å². The van der Waals surface area contributed by atoms with Crippen LogP contribution in [-0.4, -0.2) is 76.1 Å². The first-order chi connectivity index (χ1) is 12.4. The molecule has 10 heteroatoms. The Kier molecular flexibility index (Phi) is 9.86. The number of ether oxygens (including phenoxy) is 2. The first kappa shape index (κ1) is 23.5. The maximum Gasteiger partial charge on any atom is 0.405 e. The van der Waals surface area contributed by atoms with Gasteiger partial charge in [-0.3, -0.25) is 9.69 Å². The molecule has 0 saturated carbocycles. The first-order valence-electron chi connectivity index (χ1n) is 8.43. The molecule has 6 nitrogen and oxygen atoms in total. The number of nitrogens with zero attached hydrogens (tertiary/aromatic N) is 1. The van der Waals surface area contributed by atoms with Gasteiger partial charge in [0.2, 0.25) is 0 Å². The molecule has 1 aliphatic heterocycles. The van der Waals surface area contributed by atoms with Gasteiger partial charge in [-0.05, 0) is 18.2 Å². The number of nitrogens with one attached hydrogen (secondary N) is 2. The zero-order chi connectivity index (χ0) is 19.0. The van der Waals surface area contributed by atoms with Gasteiger partial charge < -0.3 is 20.1 Å². The fourth-order valence-electron chi connectivity index (χ4n) is 2.71. The van der Waals surface area contributed by atoms with Crippen LogP contribution in [0.15, 0.2) is 24.3 Å². The Labute approximate surface area is 162 Å². The Hall–Kier alpha value is -1.55. The Morgan fingerprint density at radius 1 is 1.30 bits per heavy atom. The van der Waals surface area contributed by atoms with E-state index in [0.717, 1.165) is 0 Å². The van der Waals surface area contributed by atoms with Crippen molar-refractivity contribution in [3.8, 4) is 5.75 Å². The molecular weight excluding hydrogens is 387 g/mol. The summed E-state index contributed by atoms with van der Waals surface area (Å²) >= 11 is 0. The third-order valence-corrected chi connectivity index (χ3v) is 4.08. The minimum absolute atomic E-state index is 0. The van der Waals surface area contributed by atoms with E-state index in [0.29, 0.717) is 45.1 Å². The van der Waals surface area contributed by atoms with Crippen molar-refractivity contribution in [3.05, 3.63) is 29.8 Å². The van der Waals surface area contributed by atoms with Crippen molar-refractivity contribution in [2.24, 2.45) is 0 Å². The van der Waals surface area contributed by atoms with E-state index < -0.39 is 24.7 Å². The van der Waals surface area contributed by atoms with Crippen molar-refractivity contribution in [1.29, 1.82) is 0 Å². The van der Waals surface area contributed by atoms with E-state index >= 15 is 0 Å². The fourth-order valence-corrected chi connectivity index (χ4v) is 2.71. The highest BCUT2D eigenvalue weighted by atomic mass is 35.5. The van der Waals surface area contributed by atoms with Crippen LogP contribution in [0.3, 0.4) is 0 Å². The lowest BCUT2D eigenvalue weighted by molar-refractivity contribution is -0.183. The zero-order valence-corrected chi connectivity index (χ0v) is 15.9. The summed E-state index contributed by atoms with van der Waals surface area (Å²) in [6, 6.07) is 4.62. The van der Waals surface area contributed by atoms with Gasteiger partial charge in [-0.1, -0.05) is 6.07 Å². The number of methoxy groups -OCH3 is 1. The van der Waals surface area contributed by atoms with E-state index in [1.165, 1.54) is 17.0 Å². The van der Waals surface area contributed by atoms with Crippen LogP contribution in [0, 0.1) is 0 Å². The molecule has 154 valence electrons. The fraction of sp³-hybridized carbons (Fsp3) is 0.588. The van der Waals surface area contributed by atoms with Crippen LogP contribution in [0.4, 0.5) is 13.2 Å². The number of carbonyl (C=O) groups excluding carboxylic acids is 1. The number of benzene rings is 1. The molecule has 1 aliphatic rings. The van der Waals surface area contributed by atoms with E-state index in [4.69, 9.17) is 9.47 Å². The lowest BCUT2D eigenvalue weighted by atomic mass is 10.1. The van der Waals surface area contributed by atoms with Crippen molar-refractivity contribution in [2.45, 2.75) is 12.2 Å². The molecule has 0 radical (unpaired) electrons. The molecule has 0 aliphatic carbocycles. The van der Waals surface area contributed by atoms with Gasteiger partial charge >= 0.3 is 6.18 Å². The van der Waals surface area contributed by atoms with E-state index in [2.05, 4.69) is 10.6 Å². The van der Waals surface area contributed by atoms with Gasteiger partial charge in [0.25, 0.3) is 5.91 Å². The molecule has 27 heavy (non-hydrogen) atoms. The third kappa shape index (κ3) is 7.53. The summed E-state index contributed by atoms with van der Waals surface area (Å²) in [5, 5.41) is 5.42. The van der Waals surface area contributed by atoms with Crippen LogP contribution >= 0.6 is 12.4 Å². The summed E-state index contributed by atoms with van der Waals surface area (Å²) in [6.45, 7) is 1.82. The van der Waals surface area contributed by atoms with Crippen LogP contribution < -0.4 is 15.4 Å². The summed E-state index contributed by atoms with van der Waals surface area (Å²) in [4.78, 5) is 13.6. The van der Waals surface area contributed by atoms with E-state index in [1.807, 2.05) is 0 Å². The zero-order valence-electron chi connectivity index (χ0n) is 15.1. The van der Waals surface area contributed by atoms with Crippen LogP contribution in [0.5, 0.6) is 5.75 Å². The minimum atomic E-state index is -4.41. The topological polar surface area (TPSA) is 62.8 Å². The molecular formula is C17H25ClF3N3O3. The van der Waals surface area contributed by atoms with Crippen LogP contribution in [0.2, 0.25) is 0 Å². The second-order valence-electron chi connectivity index (χ2n) is 5.92. The van der Waals surface area contributed by atoms with Crippen LogP contribution in [0.25, 0.3) is 0 Å². The summed E-state index contributed by atoms with van der Waals surface area (Å²) in [5.41, 5.74) is 0.251. The minimum Gasteiger partial charge on any atom is -0.491 e. The summed E-state index contributed by atoms with van der Waals surface area (Å²) in [5.74, 6) is -0.101. The maximum atomic E-state index is 13.3. The molecule has 2 N–H and O–H groups in total. The van der Waals surface area contributed by atoms with Crippen molar-refractivity contribution in [3.63, 3.8) is 0 Å². The maximum absolute atomic E-state index is 13.3. The quantitative estimate of drug-likeness (QED) is 0.638. The molecule has 2 rings (SSSR count). The largest absolute Gasteiger partial charge is 0.491 e. The average molecular weight is 412 g/mol. The molecule has 1 heterocycles. The third-order valence-electron chi connectivity index (χ3n) is 4.08. The van der Waals surface area contributed by atoms with Gasteiger partial charge in [0.15, 0.2) is 0 Å².